The van der Waals surface area contributed by atoms with Gasteiger partial charge < -0.3 is 9.88 Å². The molecule has 0 fully saturated rings. The number of hydrogen-bond acceptors (Lipinski definition) is 3. The predicted octanol–water partition coefficient (Wildman–Crippen LogP) is 3.09. The molecule has 0 aromatic carbocycles. The van der Waals surface area contributed by atoms with Crippen LogP contribution in [0.4, 0.5) is 0 Å². The third-order valence-electron chi connectivity index (χ3n) is 3.39. The van der Waals surface area contributed by atoms with E-state index in [2.05, 4.69) is 52.9 Å². The Balaban J connectivity index is 2.37. The van der Waals surface area contributed by atoms with E-state index < -0.39 is 0 Å². The van der Waals surface area contributed by atoms with E-state index in [4.69, 9.17) is 0 Å². The lowest BCUT2D eigenvalue weighted by molar-refractivity contribution is 0.520. The van der Waals surface area contributed by atoms with Crippen molar-refractivity contribution in [3.63, 3.8) is 0 Å². The fourth-order valence-corrected chi connectivity index (χ4v) is 2.41. The highest BCUT2D eigenvalue weighted by atomic mass is 15.1. The Morgan fingerprint density at radius 1 is 1.20 bits per heavy atom. The standard InChI is InChI=1S/C16H24N4/c1-4-8-17-15(14-13(3)7-6-9-18-14)16-19-10-12-20(16)11-5-2/h6-7,9-10,12,15,17H,4-5,8,11H2,1-3H3. The van der Waals surface area contributed by atoms with Gasteiger partial charge in [-0.3, -0.25) is 4.98 Å². The van der Waals surface area contributed by atoms with Gasteiger partial charge in [0, 0.05) is 25.1 Å². The zero-order chi connectivity index (χ0) is 14.4. The summed E-state index contributed by atoms with van der Waals surface area (Å²) in [6, 6.07) is 4.15. The summed E-state index contributed by atoms with van der Waals surface area (Å²) in [5, 5.41) is 3.58. The van der Waals surface area contributed by atoms with Crippen molar-refractivity contribution in [1.82, 2.24) is 19.9 Å². The fourth-order valence-electron chi connectivity index (χ4n) is 2.41. The molecule has 0 aliphatic heterocycles. The summed E-state index contributed by atoms with van der Waals surface area (Å²) in [6.07, 6.45) is 7.99. The Bertz CT molecular complexity index is 533. The Kier molecular flexibility index (Phi) is 5.30. The molecule has 2 heterocycles. The summed E-state index contributed by atoms with van der Waals surface area (Å²) in [7, 11) is 0. The lowest BCUT2D eigenvalue weighted by Gasteiger charge is -2.20. The molecule has 4 heteroatoms. The Labute approximate surface area is 121 Å². The summed E-state index contributed by atoms with van der Waals surface area (Å²) in [4.78, 5) is 9.14. The van der Waals surface area contributed by atoms with Crippen LogP contribution in [-0.2, 0) is 6.54 Å². The molecule has 0 radical (unpaired) electrons. The first kappa shape index (κ1) is 14.7. The number of aryl methyl sites for hydroxylation is 2. The number of nitrogens with zero attached hydrogens (tertiary/aromatic N) is 3. The topological polar surface area (TPSA) is 42.7 Å². The maximum Gasteiger partial charge on any atom is 0.132 e. The van der Waals surface area contributed by atoms with Gasteiger partial charge in [-0.2, -0.15) is 0 Å². The first-order chi connectivity index (χ1) is 9.77. The molecule has 0 spiro atoms. The van der Waals surface area contributed by atoms with Crippen molar-refractivity contribution in [2.24, 2.45) is 0 Å². The van der Waals surface area contributed by atoms with E-state index in [1.807, 2.05) is 18.5 Å². The molecule has 1 unspecified atom stereocenters. The van der Waals surface area contributed by atoms with Crippen LogP contribution < -0.4 is 5.32 Å². The molecule has 1 atom stereocenters. The molecular weight excluding hydrogens is 248 g/mol. The molecule has 20 heavy (non-hydrogen) atoms. The first-order valence-electron chi connectivity index (χ1n) is 7.43. The van der Waals surface area contributed by atoms with E-state index in [1.54, 1.807) is 0 Å². The summed E-state index contributed by atoms with van der Waals surface area (Å²) >= 11 is 0. The highest BCUT2D eigenvalue weighted by Crippen LogP contribution is 2.22. The van der Waals surface area contributed by atoms with Crippen LogP contribution in [0.3, 0.4) is 0 Å². The van der Waals surface area contributed by atoms with Crippen molar-refractivity contribution in [3.05, 3.63) is 47.8 Å². The van der Waals surface area contributed by atoms with Crippen LogP contribution in [-0.4, -0.2) is 21.1 Å². The second kappa shape index (κ2) is 7.20. The number of imidazole rings is 1. The van der Waals surface area contributed by atoms with Gasteiger partial charge in [0.25, 0.3) is 0 Å². The molecule has 0 bridgehead atoms. The predicted molar refractivity (Wildman–Crippen MR) is 81.6 cm³/mol. The molecule has 2 aromatic rings. The third-order valence-corrected chi connectivity index (χ3v) is 3.39. The lowest BCUT2D eigenvalue weighted by atomic mass is 10.1. The lowest BCUT2D eigenvalue weighted by Crippen LogP contribution is -2.27. The van der Waals surface area contributed by atoms with Gasteiger partial charge in [0.15, 0.2) is 0 Å². The van der Waals surface area contributed by atoms with Crippen molar-refractivity contribution in [2.75, 3.05) is 6.54 Å². The number of rotatable bonds is 7. The molecule has 108 valence electrons. The highest BCUT2D eigenvalue weighted by Gasteiger charge is 2.21. The van der Waals surface area contributed by atoms with Crippen LogP contribution in [0.1, 0.15) is 49.8 Å². The maximum absolute atomic E-state index is 4.57. The molecule has 0 aliphatic carbocycles. The minimum atomic E-state index is 0.0673. The molecule has 0 amide bonds. The minimum absolute atomic E-state index is 0.0673. The number of hydrogen-bond donors (Lipinski definition) is 1. The van der Waals surface area contributed by atoms with Gasteiger partial charge in [-0.15, -0.1) is 0 Å². The normalized spacial score (nSPS) is 12.6. The van der Waals surface area contributed by atoms with Crippen molar-refractivity contribution >= 4 is 0 Å². The van der Waals surface area contributed by atoms with E-state index in [-0.39, 0.29) is 6.04 Å². The number of aromatic nitrogens is 3. The SMILES string of the molecule is CCCNC(c1ncccc1C)c1nccn1CCC. The second-order valence-electron chi connectivity index (χ2n) is 5.07. The van der Waals surface area contributed by atoms with Crippen molar-refractivity contribution < 1.29 is 0 Å². The van der Waals surface area contributed by atoms with Gasteiger partial charge in [0.05, 0.1) is 5.69 Å². The van der Waals surface area contributed by atoms with Crippen molar-refractivity contribution in [1.29, 1.82) is 0 Å². The van der Waals surface area contributed by atoms with Crippen LogP contribution in [0.15, 0.2) is 30.7 Å². The van der Waals surface area contributed by atoms with Gasteiger partial charge in [-0.1, -0.05) is 19.9 Å². The molecule has 4 nitrogen and oxygen atoms in total. The van der Waals surface area contributed by atoms with E-state index in [0.29, 0.717) is 0 Å². The summed E-state index contributed by atoms with van der Waals surface area (Å²) in [5.41, 5.74) is 2.27. The summed E-state index contributed by atoms with van der Waals surface area (Å²) < 4.78 is 2.22. The molecule has 0 saturated heterocycles. The monoisotopic (exact) mass is 272 g/mol. The van der Waals surface area contributed by atoms with E-state index in [9.17, 15) is 0 Å². The molecule has 1 N–H and O–H groups in total. The van der Waals surface area contributed by atoms with Crippen LogP contribution >= 0.6 is 0 Å². The van der Waals surface area contributed by atoms with Gasteiger partial charge >= 0.3 is 0 Å². The fraction of sp³-hybridized carbons (Fsp3) is 0.500. The molecule has 0 aliphatic rings. The largest absolute Gasteiger partial charge is 0.333 e. The van der Waals surface area contributed by atoms with E-state index >= 15 is 0 Å². The Morgan fingerprint density at radius 2 is 2.05 bits per heavy atom. The Hall–Kier alpha value is -1.68. The summed E-state index contributed by atoms with van der Waals surface area (Å²) in [6.45, 7) is 8.42. The van der Waals surface area contributed by atoms with Crippen LogP contribution in [0.25, 0.3) is 0 Å². The smallest absolute Gasteiger partial charge is 0.132 e. The molecule has 0 saturated carbocycles. The van der Waals surface area contributed by atoms with Crippen LogP contribution in [0, 0.1) is 6.92 Å². The number of nitrogens with one attached hydrogen (secondary N) is 1. The van der Waals surface area contributed by atoms with Gasteiger partial charge in [0.2, 0.25) is 0 Å². The van der Waals surface area contributed by atoms with E-state index in [0.717, 1.165) is 37.4 Å². The molecule has 2 aromatic heterocycles. The zero-order valence-corrected chi connectivity index (χ0v) is 12.6. The van der Waals surface area contributed by atoms with Gasteiger partial charge in [-0.25, -0.2) is 4.98 Å². The van der Waals surface area contributed by atoms with Crippen LogP contribution in [0.5, 0.6) is 0 Å². The molecular formula is C16H24N4. The molecule has 2 rings (SSSR count). The highest BCUT2D eigenvalue weighted by molar-refractivity contribution is 5.26. The summed E-state index contributed by atoms with van der Waals surface area (Å²) in [5.74, 6) is 1.06. The van der Waals surface area contributed by atoms with Gasteiger partial charge in [-0.05, 0) is 37.9 Å². The quantitative estimate of drug-likeness (QED) is 0.842. The van der Waals surface area contributed by atoms with E-state index in [1.165, 1.54) is 5.56 Å². The van der Waals surface area contributed by atoms with Gasteiger partial charge in [0.1, 0.15) is 11.9 Å². The second-order valence-corrected chi connectivity index (χ2v) is 5.07. The Morgan fingerprint density at radius 3 is 2.75 bits per heavy atom. The average molecular weight is 272 g/mol. The third kappa shape index (κ3) is 3.25. The number of pyridine rings is 1. The van der Waals surface area contributed by atoms with Crippen molar-refractivity contribution in [3.8, 4) is 0 Å². The zero-order valence-electron chi connectivity index (χ0n) is 12.6. The van der Waals surface area contributed by atoms with Crippen LogP contribution in [0.2, 0.25) is 0 Å². The minimum Gasteiger partial charge on any atom is -0.333 e. The maximum atomic E-state index is 4.57. The average Bonchev–Trinajstić information content (AvgIpc) is 2.90. The van der Waals surface area contributed by atoms with Crippen molar-refractivity contribution in [2.45, 2.75) is 46.2 Å². The first-order valence-corrected chi connectivity index (χ1v) is 7.43.